The van der Waals surface area contributed by atoms with Crippen LogP contribution in [0.4, 0.5) is 14.9 Å². The molecule has 0 radical (unpaired) electrons. The van der Waals surface area contributed by atoms with Gasteiger partial charge in [-0.05, 0) is 36.2 Å². The number of rotatable bonds is 4. The SMILES string of the molecule is Cc1ccccc1NC(=O)NC1CC(=O)N(Cc2cccc(F)c2)C1. The zero-order valence-electron chi connectivity index (χ0n) is 14.0. The summed E-state index contributed by atoms with van der Waals surface area (Å²) in [7, 11) is 0. The van der Waals surface area contributed by atoms with Gasteiger partial charge >= 0.3 is 6.03 Å². The number of hydrogen-bond acceptors (Lipinski definition) is 2. The van der Waals surface area contributed by atoms with E-state index in [-0.39, 0.29) is 30.2 Å². The second kappa shape index (κ2) is 7.34. The van der Waals surface area contributed by atoms with Crippen molar-refractivity contribution in [1.29, 1.82) is 0 Å². The predicted molar refractivity (Wildman–Crippen MR) is 93.6 cm³/mol. The fraction of sp³-hybridized carbons (Fsp3) is 0.263. The Labute approximate surface area is 145 Å². The number of nitrogens with zero attached hydrogens (tertiary/aromatic N) is 1. The summed E-state index contributed by atoms with van der Waals surface area (Å²) in [6, 6.07) is 13.1. The lowest BCUT2D eigenvalue weighted by Crippen LogP contribution is -2.39. The number of carbonyl (C=O) groups excluding carboxylic acids is 2. The number of nitrogens with one attached hydrogen (secondary N) is 2. The molecule has 2 aromatic rings. The molecule has 5 nitrogen and oxygen atoms in total. The summed E-state index contributed by atoms with van der Waals surface area (Å²) in [6.07, 6.45) is 0.247. The van der Waals surface area contributed by atoms with Crippen LogP contribution in [0.2, 0.25) is 0 Å². The Morgan fingerprint density at radius 2 is 2.04 bits per heavy atom. The molecule has 1 fully saturated rings. The van der Waals surface area contributed by atoms with Crippen LogP contribution in [0.3, 0.4) is 0 Å². The summed E-state index contributed by atoms with van der Waals surface area (Å²) >= 11 is 0. The van der Waals surface area contributed by atoms with Gasteiger partial charge in [-0.25, -0.2) is 9.18 Å². The van der Waals surface area contributed by atoms with Crippen molar-refractivity contribution in [3.05, 3.63) is 65.5 Å². The van der Waals surface area contributed by atoms with Crippen molar-refractivity contribution in [3.8, 4) is 0 Å². The summed E-state index contributed by atoms with van der Waals surface area (Å²) in [6.45, 7) is 2.67. The zero-order valence-corrected chi connectivity index (χ0v) is 14.0. The monoisotopic (exact) mass is 341 g/mol. The average Bonchev–Trinajstić information content (AvgIpc) is 2.89. The number of urea groups is 1. The lowest BCUT2D eigenvalue weighted by Gasteiger charge is -2.17. The molecule has 2 aromatic carbocycles. The Kier molecular flexibility index (Phi) is 4.97. The normalized spacial score (nSPS) is 16.8. The molecule has 0 bridgehead atoms. The molecular formula is C19H20FN3O2. The summed E-state index contributed by atoms with van der Waals surface area (Å²) < 4.78 is 13.3. The lowest BCUT2D eigenvalue weighted by atomic mass is 10.2. The number of hydrogen-bond donors (Lipinski definition) is 2. The Morgan fingerprint density at radius 1 is 1.24 bits per heavy atom. The minimum atomic E-state index is -0.334. The van der Waals surface area contributed by atoms with Crippen molar-refractivity contribution in [2.75, 3.05) is 11.9 Å². The van der Waals surface area contributed by atoms with Gasteiger partial charge in [0.2, 0.25) is 5.91 Å². The van der Waals surface area contributed by atoms with Crippen LogP contribution in [-0.2, 0) is 11.3 Å². The Balaban J connectivity index is 1.55. The first-order valence-electron chi connectivity index (χ1n) is 8.16. The van der Waals surface area contributed by atoms with Crippen LogP contribution in [0.15, 0.2) is 48.5 Å². The van der Waals surface area contributed by atoms with Crippen molar-refractivity contribution in [1.82, 2.24) is 10.2 Å². The highest BCUT2D eigenvalue weighted by atomic mass is 19.1. The third-order valence-electron chi connectivity index (χ3n) is 4.21. The van der Waals surface area contributed by atoms with Gasteiger partial charge in [0.05, 0.1) is 6.04 Å². The molecule has 2 N–H and O–H groups in total. The number of likely N-dealkylation sites (tertiary alicyclic amines) is 1. The summed E-state index contributed by atoms with van der Waals surface area (Å²) in [4.78, 5) is 25.9. The molecule has 0 spiro atoms. The number of anilines is 1. The maximum atomic E-state index is 13.3. The van der Waals surface area contributed by atoms with Crippen LogP contribution in [0, 0.1) is 12.7 Å². The lowest BCUT2D eigenvalue weighted by molar-refractivity contribution is -0.128. The number of aryl methyl sites for hydroxylation is 1. The second-order valence-electron chi connectivity index (χ2n) is 6.22. The molecule has 1 aliphatic rings. The predicted octanol–water partition coefficient (Wildman–Crippen LogP) is 3.06. The molecule has 1 aliphatic heterocycles. The molecule has 3 amide bonds. The second-order valence-corrected chi connectivity index (χ2v) is 6.22. The minimum absolute atomic E-state index is 0.0505. The fourth-order valence-corrected chi connectivity index (χ4v) is 2.93. The maximum absolute atomic E-state index is 13.3. The largest absolute Gasteiger partial charge is 0.336 e. The van der Waals surface area contributed by atoms with E-state index in [0.29, 0.717) is 13.1 Å². The average molecular weight is 341 g/mol. The van der Waals surface area contributed by atoms with Gasteiger partial charge < -0.3 is 15.5 Å². The highest BCUT2D eigenvalue weighted by Crippen LogP contribution is 2.17. The van der Waals surface area contributed by atoms with Gasteiger partial charge in [-0.1, -0.05) is 30.3 Å². The van der Waals surface area contributed by atoms with Crippen molar-refractivity contribution in [2.45, 2.75) is 25.9 Å². The van der Waals surface area contributed by atoms with Crippen LogP contribution in [0.25, 0.3) is 0 Å². The zero-order chi connectivity index (χ0) is 17.8. The topological polar surface area (TPSA) is 61.4 Å². The highest BCUT2D eigenvalue weighted by Gasteiger charge is 2.30. The van der Waals surface area contributed by atoms with E-state index in [2.05, 4.69) is 10.6 Å². The van der Waals surface area contributed by atoms with Gasteiger partial charge in [-0.15, -0.1) is 0 Å². The molecule has 0 aromatic heterocycles. The third kappa shape index (κ3) is 4.35. The van der Waals surface area contributed by atoms with Crippen molar-refractivity contribution < 1.29 is 14.0 Å². The van der Waals surface area contributed by atoms with Crippen molar-refractivity contribution >= 4 is 17.6 Å². The molecule has 1 heterocycles. The van der Waals surface area contributed by atoms with E-state index < -0.39 is 0 Å². The Bertz CT molecular complexity index is 794. The minimum Gasteiger partial charge on any atom is -0.336 e. The van der Waals surface area contributed by atoms with Crippen LogP contribution >= 0.6 is 0 Å². The summed E-state index contributed by atoms with van der Waals surface area (Å²) in [5, 5.41) is 5.62. The molecule has 25 heavy (non-hydrogen) atoms. The molecule has 1 unspecified atom stereocenters. The first-order valence-corrected chi connectivity index (χ1v) is 8.16. The first kappa shape index (κ1) is 17.0. The summed E-state index contributed by atoms with van der Waals surface area (Å²) in [5.41, 5.74) is 2.44. The van der Waals surface area contributed by atoms with Crippen LogP contribution < -0.4 is 10.6 Å². The van der Waals surface area contributed by atoms with Gasteiger partial charge in [-0.2, -0.15) is 0 Å². The third-order valence-corrected chi connectivity index (χ3v) is 4.21. The van der Waals surface area contributed by atoms with Crippen LogP contribution in [0.1, 0.15) is 17.5 Å². The standard InChI is InChI=1S/C19H20FN3O2/c1-13-5-2-3-8-17(13)22-19(25)21-16-10-18(24)23(12-16)11-14-6-4-7-15(20)9-14/h2-9,16H,10-12H2,1H3,(H2,21,22,25). The smallest absolute Gasteiger partial charge is 0.319 e. The van der Waals surface area contributed by atoms with E-state index in [1.807, 2.05) is 31.2 Å². The first-order chi connectivity index (χ1) is 12.0. The van der Waals surface area contributed by atoms with Crippen molar-refractivity contribution in [2.24, 2.45) is 0 Å². The van der Waals surface area contributed by atoms with Gasteiger partial charge in [0.15, 0.2) is 0 Å². The van der Waals surface area contributed by atoms with Gasteiger partial charge in [0, 0.05) is 25.2 Å². The molecular weight excluding hydrogens is 321 g/mol. The van der Waals surface area contributed by atoms with E-state index in [9.17, 15) is 14.0 Å². The van der Waals surface area contributed by atoms with Gasteiger partial charge in [0.25, 0.3) is 0 Å². The number of para-hydroxylation sites is 1. The van der Waals surface area contributed by atoms with E-state index >= 15 is 0 Å². The summed E-state index contributed by atoms with van der Waals surface area (Å²) in [5.74, 6) is -0.373. The van der Waals surface area contributed by atoms with E-state index in [4.69, 9.17) is 0 Å². The van der Waals surface area contributed by atoms with Gasteiger partial charge in [-0.3, -0.25) is 4.79 Å². The molecule has 6 heteroatoms. The quantitative estimate of drug-likeness (QED) is 0.898. The van der Waals surface area contributed by atoms with E-state index in [1.165, 1.54) is 12.1 Å². The number of carbonyl (C=O) groups is 2. The fourth-order valence-electron chi connectivity index (χ4n) is 2.93. The molecule has 1 atom stereocenters. The number of halogens is 1. The van der Waals surface area contributed by atoms with Crippen LogP contribution in [-0.4, -0.2) is 29.4 Å². The Morgan fingerprint density at radius 3 is 2.80 bits per heavy atom. The molecule has 3 rings (SSSR count). The van der Waals surface area contributed by atoms with E-state index in [0.717, 1.165) is 16.8 Å². The Hall–Kier alpha value is -2.89. The molecule has 1 saturated heterocycles. The van der Waals surface area contributed by atoms with E-state index in [1.54, 1.807) is 17.0 Å². The van der Waals surface area contributed by atoms with Crippen LogP contribution in [0.5, 0.6) is 0 Å². The number of benzene rings is 2. The van der Waals surface area contributed by atoms with Crippen molar-refractivity contribution in [3.63, 3.8) is 0 Å². The maximum Gasteiger partial charge on any atom is 0.319 e. The highest BCUT2D eigenvalue weighted by molar-refractivity contribution is 5.91. The number of amides is 3. The van der Waals surface area contributed by atoms with Gasteiger partial charge in [0.1, 0.15) is 5.82 Å². The molecule has 0 aliphatic carbocycles. The molecule has 130 valence electrons. The molecule has 0 saturated carbocycles.